The van der Waals surface area contributed by atoms with Crippen molar-refractivity contribution in [2.45, 2.75) is 37.1 Å². The second-order valence-electron chi connectivity index (χ2n) is 6.81. The Morgan fingerprint density at radius 2 is 1.81 bits per heavy atom. The number of hydrogen-bond donors (Lipinski definition) is 1. The molecule has 26 heavy (non-hydrogen) atoms. The first-order valence-electron chi connectivity index (χ1n) is 8.76. The van der Waals surface area contributed by atoms with Gasteiger partial charge in [0.1, 0.15) is 0 Å². The average molecular weight is 372 g/mol. The highest BCUT2D eigenvalue weighted by molar-refractivity contribution is 7.89. The number of nitrogens with zero attached hydrogens (tertiary/aromatic N) is 1. The number of aryl methyl sites for hydroxylation is 2. The van der Waals surface area contributed by atoms with Crippen LogP contribution in [0.15, 0.2) is 47.4 Å². The van der Waals surface area contributed by atoms with Crippen LogP contribution in [-0.2, 0) is 40.6 Å². The fourth-order valence-electron chi connectivity index (χ4n) is 3.28. The Morgan fingerprint density at radius 1 is 1.08 bits per heavy atom. The number of sulfonamides is 1. The molecule has 0 unspecified atom stereocenters. The third kappa shape index (κ3) is 3.97. The van der Waals surface area contributed by atoms with Crippen molar-refractivity contribution in [2.75, 3.05) is 14.1 Å². The predicted octanol–water partition coefficient (Wildman–Crippen LogP) is 2.28. The summed E-state index contributed by atoms with van der Waals surface area (Å²) in [5.74, 6) is -0.111. The van der Waals surface area contributed by atoms with E-state index in [-0.39, 0.29) is 17.3 Å². The summed E-state index contributed by atoms with van der Waals surface area (Å²) in [7, 11) is -0.542. The van der Waals surface area contributed by atoms with Gasteiger partial charge in [-0.15, -0.1) is 0 Å². The van der Waals surface area contributed by atoms with Gasteiger partial charge >= 0.3 is 0 Å². The molecule has 1 aliphatic rings. The number of benzene rings is 2. The van der Waals surface area contributed by atoms with Crippen molar-refractivity contribution in [1.29, 1.82) is 0 Å². The van der Waals surface area contributed by atoms with Crippen molar-refractivity contribution >= 4 is 15.9 Å². The molecule has 0 saturated heterocycles. The zero-order valence-corrected chi connectivity index (χ0v) is 16.0. The van der Waals surface area contributed by atoms with Gasteiger partial charge in [-0.3, -0.25) is 4.79 Å². The zero-order chi connectivity index (χ0) is 18.7. The van der Waals surface area contributed by atoms with Crippen LogP contribution in [0.4, 0.5) is 0 Å². The summed E-state index contributed by atoms with van der Waals surface area (Å²) in [4.78, 5) is 12.5. The first kappa shape index (κ1) is 18.6. The van der Waals surface area contributed by atoms with Crippen LogP contribution in [0.1, 0.15) is 28.7 Å². The fourth-order valence-corrected chi connectivity index (χ4v) is 4.39. The van der Waals surface area contributed by atoms with Crippen molar-refractivity contribution in [3.8, 4) is 0 Å². The lowest BCUT2D eigenvalue weighted by molar-refractivity contribution is -0.120. The monoisotopic (exact) mass is 372 g/mol. The zero-order valence-electron chi connectivity index (χ0n) is 15.2. The number of nitrogens with one attached hydrogen (secondary N) is 1. The van der Waals surface area contributed by atoms with Gasteiger partial charge in [0.2, 0.25) is 15.9 Å². The van der Waals surface area contributed by atoms with E-state index in [2.05, 4.69) is 17.4 Å². The summed E-state index contributed by atoms with van der Waals surface area (Å²) in [6, 6.07) is 13.0. The van der Waals surface area contributed by atoms with E-state index in [1.165, 1.54) is 35.9 Å². The van der Waals surface area contributed by atoms with Crippen LogP contribution in [0.5, 0.6) is 0 Å². The van der Waals surface area contributed by atoms with Crippen LogP contribution < -0.4 is 5.32 Å². The normalized spacial score (nSPS) is 13.7. The molecule has 3 rings (SSSR count). The molecule has 1 N–H and O–H groups in total. The molecule has 0 bridgehead atoms. The Kier molecular flexibility index (Phi) is 5.44. The number of rotatable bonds is 6. The van der Waals surface area contributed by atoms with E-state index in [1.807, 2.05) is 6.07 Å². The predicted molar refractivity (Wildman–Crippen MR) is 101 cm³/mol. The molecule has 1 aliphatic carbocycles. The van der Waals surface area contributed by atoms with Gasteiger partial charge in [0.15, 0.2) is 0 Å². The van der Waals surface area contributed by atoms with Crippen LogP contribution in [0.25, 0.3) is 0 Å². The molecule has 0 heterocycles. The minimum atomic E-state index is -3.54. The highest BCUT2D eigenvalue weighted by Crippen LogP contribution is 2.23. The quantitative estimate of drug-likeness (QED) is 0.846. The number of hydrogen-bond acceptors (Lipinski definition) is 3. The van der Waals surface area contributed by atoms with E-state index in [1.54, 1.807) is 24.3 Å². The molecule has 1 amide bonds. The molecule has 0 saturated carbocycles. The first-order valence-corrected chi connectivity index (χ1v) is 10.2. The maximum atomic E-state index is 12.4. The van der Waals surface area contributed by atoms with E-state index in [0.29, 0.717) is 12.0 Å². The SMILES string of the molecule is CN(C)S(=O)(=O)c1ccccc1CNC(=O)Cc1ccc2c(c1)CCC2. The van der Waals surface area contributed by atoms with E-state index in [9.17, 15) is 13.2 Å². The van der Waals surface area contributed by atoms with E-state index in [0.717, 1.165) is 18.4 Å². The smallest absolute Gasteiger partial charge is 0.242 e. The fraction of sp³-hybridized carbons (Fsp3) is 0.350. The number of amides is 1. The summed E-state index contributed by atoms with van der Waals surface area (Å²) in [5, 5.41) is 2.84. The van der Waals surface area contributed by atoms with E-state index in [4.69, 9.17) is 0 Å². The van der Waals surface area contributed by atoms with Crippen molar-refractivity contribution in [3.05, 3.63) is 64.7 Å². The second kappa shape index (κ2) is 7.60. The molecule has 2 aromatic carbocycles. The molecular formula is C20H24N2O3S. The highest BCUT2D eigenvalue weighted by atomic mass is 32.2. The van der Waals surface area contributed by atoms with Crippen LogP contribution in [-0.4, -0.2) is 32.7 Å². The third-order valence-electron chi connectivity index (χ3n) is 4.73. The van der Waals surface area contributed by atoms with Gasteiger partial charge < -0.3 is 5.32 Å². The Labute approximate surface area is 155 Å². The van der Waals surface area contributed by atoms with Gasteiger partial charge in [0, 0.05) is 20.6 Å². The van der Waals surface area contributed by atoms with Gasteiger partial charge in [-0.25, -0.2) is 12.7 Å². The first-order chi connectivity index (χ1) is 12.4. The van der Waals surface area contributed by atoms with E-state index < -0.39 is 10.0 Å². The lowest BCUT2D eigenvalue weighted by Crippen LogP contribution is -2.27. The van der Waals surface area contributed by atoms with Crippen LogP contribution in [0.3, 0.4) is 0 Å². The molecule has 0 atom stereocenters. The maximum Gasteiger partial charge on any atom is 0.242 e. The van der Waals surface area contributed by atoms with Gasteiger partial charge in [-0.2, -0.15) is 0 Å². The topological polar surface area (TPSA) is 66.5 Å². The number of carbonyl (C=O) groups excluding carboxylic acids is 1. The minimum Gasteiger partial charge on any atom is -0.352 e. The molecule has 5 nitrogen and oxygen atoms in total. The third-order valence-corrected chi connectivity index (χ3v) is 6.65. The van der Waals surface area contributed by atoms with Crippen LogP contribution in [0, 0.1) is 0 Å². The molecule has 0 radical (unpaired) electrons. The Balaban J connectivity index is 1.67. The van der Waals surface area contributed by atoms with Crippen molar-refractivity contribution in [3.63, 3.8) is 0 Å². The number of carbonyl (C=O) groups is 1. The molecular weight excluding hydrogens is 348 g/mol. The Bertz CT molecular complexity index is 920. The van der Waals surface area contributed by atoms with Crippen molar-refractivity contribution in [1.82, 2.24) is 9.62 Å². The van der Waals surface area contributed by atoms with Crippen molar-refractivity contribution in [2.24, 2.45) is 0 Å². The molecule has 138 valence electrons. The molecule has 0 aliphatic heterocycles. The molecule has 6 heteroatoms. The number of fused-ring (bicyclic) bond motifs is 1. The van der Waals surface area contributed by atoms with Gasteiger partial charge in [0.05, 0.1) is 11.3 Å². The van der Waals surface area contributed by atoms with Gasteiger partial charge in [0.25, 0.3) is 0 Å². The van der Waals surface area contributed by atoms with Gasteiger partial charge in [-0.1, -0.05) is 36.4 Å². The Hall–Kier alpha value is -2.18. The standard InChI is InChI=1S/C20H24N2O3S/c1-22(2)26(24,25)19-9-4-3-6-18(19)14-21-20(23)13-15-10-11-16-7-5-8-17(16)12-15/h3-4,6,9-12H,5,7-8,13-14H2,1-2H3,(H,21,23). The lowest BCUT2D eigenvalue weighted by Gasteiger charge is -2.15. The summed E-state index contributed by atoms with van der Waals surface area (Å²) < 4.78 is 26.0. The van der Waals surface area contributed by atoms with Crippen molar-refractivity contribution < 1.29 is 13.2 Å². The Morgan fingerprint density at radius 3 is 2.58 bits per heavy atom. The molecule has 0 aromatic heterocycles. The summed E-state index contributed by atoms with van der Waals surface area (Å²) >= 11 is 0. The maximum absolute atomic E-state index is 12.4. The van der Waals surface area contributed by atoms with Gasteiger partial charge in [-0.05, 0) is 47.6 Å². The molecule has 2 aromatic rings. The largest absolute Gasteiger partial charge is 0.352 e. The average Bonchev–Trinajstić information content (AvgIpc) is 3.07. The molecule has 0 spiro atoms. The highest BCUT2D eigenvalue weighted by Gasteiger charge is 2.21. The van der Waals surface area contributed by atoms with Crippen LogP contribution >= 0.6 is 0 Å². The second-order valence-corrected chi connectivity index (χ2v) is 8.93. The lowest BCUT2D eigenvalue weighted by atomic mass is 10.0. The summed E-state index contributed by atoms with van der Waals surface area (Å²) in [6.45, 7) is 0.188. The minimum absolute atomic E-state index is 0.111. The summed E-state index contributed by atoms with van der Waals surface area (Å²) in [6.07, 6.45) is 3.69. The summed E-state index contributed by atoms with van der Waals surface area (Å²) in [5.41, 5.74) is 4.32. The van der Waals surface area contributed by atoms with Crippen LogP contribution in [0.2, 0.25) is 0 Å². The van der Waals surface area contributed by atoms with E-state index >= 15 is 0 Å². The molecule has 0 fully saturated rings.